The van der Waals surface area contributed by atoms with Gasteiger partial charge in [-0.1, -0.05) is 0 Å². The average molecular weight is 244 g/mol. The molecule has 0 aliphatic carbocycles. The van der Waals surface area contributed by atoms with Crippen molar-refractivity contribution < 1.29 is 19.0 Å². The molecule has 0 aromatic carbocycles. The molecule has 1 saturated heterocycles. The number of ether oxygens (including phenoxy) is 1. The Bertz CT molecular complexity index is 386. The van der Waals surface area contributed by atoms with Crippen molar-refractivity contribution in [2.24, 2.45) is 5.73 Å². The number of amides is 1. The zero-order valence-corrected chi connectivity index (χ0v) is 9.36. The SMILES string of the molecule is BOC(=O)C1=C(CCl)CO[C@@H]2[C@H](N)C(=O)N12. The number of hydrogen-bond acceptors (Lipinski definition) is 5. The first kappa shape index (κ1) is 11.4. The van der Waals surface area contributed by atoms with Crippen LogP contribution in [0.1, 0.15) is 0 Å². The normalized spacial score (nSPS) is 28.6. The minimum absolute atomic E-state index is 0.107. The number of hydrogen-bond donors (Lipinski definition) is 1. The van der Waals surface area contributed by atoms with Crippen LogP contribution in [0.4, 0.5) is 0 Å². The van der Waals surface area contributed by atoms with Gasteiger partial charge in [0, 0.05) is 11.5 Å². The van der Waals surface area contributed by atoms with Gasteiger partial charge in [0.05, 0.1) is 6.61 Å². The fourth-order valence-electron chi connectivity index (χ4n) is 1.77. The first-order valence-corrected chi connectivity index (χ1v) is 5.21. The van der Waals surface area contributed by atoms with E-state index in [2.05, 4.69) is 4.65 Å². The standard InChI is InChI=1S/C8H10BClN2O4/c9-16-8(14)5-3(1-10)2-15-7-4(11)6(13)12(5)7/h4,7H,1-2,9,11H2/t4-,7-/m1/s1. The van der Waals surface area contributed by atoms with Crippen LogP contribution < -0.4 is 5.73 Å². The summed E-state index contributed by atoms with van der Waals surface area (Å²) >= 11 is 5.68. The summed E-state index contributed by atoms with van der Waals surface area (Å²) in [5.74, 6) is -0.840. The Labute approximate surface area is 97.7 Å². The van der Waals surface area contributed by atoms with Gasteiger partial charge in [-0.15, -0.1) is 11.6 Å². The minimum Gasteiger partial charge on any atom is -0.539 e. The molecule has 2 aliphatic rings. The molecular formula is C8H10BClN2O4. The Morgan fingerprint density at radius 2 is 2.44 bits per heavy atom. The predicted molar refractivity (Wildman–Crippen MR) is 56.9 cm³/mol. The lowest BCUT2D eigenvalue weighted by molar-refractivity contribution is -0.179. The third-order valence-electron chi connectivity index (χ3n) is 2.63. The first-order valence-electron chi connectivity index (χ1n) is 4.68. The zero-order valence-electron chi connectivity index (χ0n) is 8.60. The molecule has 0 spiro atoms. The van der Waals surface area contributed by atoms with Gasteiger partial charge in [0.1, 0.15) is 11.7 Å². The average Bonchev–Trinajstić information content (AvgIpc) is 2.34. The van der Waals surface area contributed by atoms with E-state index in [1.165, 1.54) is 12.9 Å². The Kier molecular flexibility index (Phi) is 2.92. The van der Waals surface area contributed by atoms with Crippen LogP contribution in [0.5, 0.6) is 0 Å². The van der Waals surface area contributed by atoms with E-state index >= 15 is 0 Å². The van der Waals surface area contributed by atoms with Crippen LogP contribution in [0, 0.1) is 0 Å². The fraction of sp³-hybridized carbons (Fsp3) is 0.500. The van der Waals surface area contributed by atoms with Crippen molar-refractivity contribution in [3.63, 3.8) is 0 Å². The molecule has 2 aliphatic heterocycles. The fourth-order valence-corrected chi connectivity index (χ4v) is 1.97. The van der Waals surface area contributed by atoms with E-state index < -0.39 is 18.2 Å². The number of nitrogens with zero attached hydrogens (tertiary/aromatic N) is 1. The van der Waals surface area contributed by atoms with Gasteiger partial charge in [0.15, 0.2) is 6.23 Å². The molecule has 2 N–H and O–H groups in total. The molecule has 1 fully saturated rings. The van der Waals surface area contributed by atoms with Crippen molar-refractivity contribution in [1.82, 2.24) is 4.90 Å². The van der Waals surface area contributed by atoms with Gasteiger partial charge in [-0.25, -0.2) is 4.79 Å². The number of halogens is 1. The third kappa shape index (κ3) is 1.43. The highest BCUT2D eigenvalue weighted by molar-refractivity contribution is 6.20. The summed E-state index contributed by atoms with van der Waals surface area (Å²) in [6.45, 7) is 0.191. The maximum Gasteiger partial charge on any atom is 0.337 e. The topological polar surface area (TPSA) is 81.9 Å². The molecule has 0 saturated carbocycles. The highest BCUT2D eigenvalue weighted by Crippen LogP contribution is 2.32. The molecular weight excluding hydrogens is 234 g/mol. The maximum atomic E-state index is 11.5. The lowest BCUT2D eigenvalue weighted by atomic mass is 10.00. The Morgan fingerprint density at radius 1 is 1.75 bits per heavy atom. The van der Waals surface area contributed by atoms with Gasteiger partial charge in [-0.3, -0.25) is 9.69 Å². The highest BCUT2D eigenvalue weighted by Gasteiger charge is 2.52. The molecule has 0 aromatic rings. The molecule has 6 nitrogen and oxygen atoms in total. The molecule has 86 valence electrons. The molecule has 2 heterocycles. The second-order valence-corrected chi connectivity index (χ2v) is 3.78. The number of nitrogens with two attached hydrogens (primary N) is 1. The first-order chi connectivity index (χ1) is 7.61. The van der Waals surface area contributed by atoms with Crippen molar-refractivity contribution in [1.29, 1.82) is 0 Å². The van der Waals surface area contributed by atoms with Crippen LogP contribution in [0.15, 0.2) is 11.3 Å². The van der Waals surface area contributed by atoms with Crippen molar-refractivity contribution in [2.45, 2.75) is 12.3 Å². The summed E-state index contributed by atoms with van der Waals surface area (Å²) in [7, 11) is 1.25. The number of β-lactam (4-membered cyclic amide) rings is 1. The summed E-state index contributed by atoms with van der Waals surface area (Å²) in [4.78, 5) is 24.3. The number of fused-ring (bicyclic) bond motifs is 1. The number of alkyl halides is 1. The van der Waals surface area contributed by atoms with Crippen molar-refractivity contribution >= 4 is 31.5 Å². The molecule has 0 aromatic heterocycles. The van der Waals surface area contributed by atoms with Crippen LogP contribution in [-0.2, 0) is 19.0 Å². The van der Waals surface area contributed by atoms with Gasteiger partial charge in [-0.05, 0) is 0 Å². The highest BCUT2D eigenvalue weighted by atomic mass is 35.5. The predicted octanol–water partition coefficient (Wildman–Crippen LogP) is -1.90. The quantitative estimate of drug-likeness (QED) is 0.348. The molecule has 2 atom stereocenters. The molecule has 0 unspecified atom stereocenters. The summed E-state index contributed by atoms with van der Waals surface area (Å²) in [5.41, 5.74) is 6.24. The van der Waals surface area contributed by atoms with Gasteiger partial charge >= 0.3 is 14.0 Å². The van der Waals surface area contributed by atoms with E-state index in [1.807, 2.05) is 0 Å². The third-order valence-corrected chi connectivity index (χ3v) is 2.95. The number of carbonyl (C=O) groups is 2. The second-order valence-electron chi connectivity index (χ2n) is 3.51. The Balaban J connectivity index is 2.36. The van der Waals surface area contributed by atoms with E-state index in [0.717, 1.165) is 0 Å². The molecule has 1 amide bonds. The van der Waals surface area contributed by atoms with E-state index in [4.69, 9.17) is 22.1 Å². The van der Waals surface area contributed by atoms with Gasteiger partial charge in [-0.2, -0.15) is 0 Å². The Morgan fingerprint density at radius 3 is 3.00 bits per heavy atom. The summed E-state index contributed by atoms with van der Waals surface area (Å²) in [6.07, 6.45) is -0.575. The van der Waals surface area contributed by atoms with Crippen LogP contribution in [-0.4, -0.2) is 49.6 Å². The van der Waals surface area contributed by atoms with E-state index in [1.54, 1.807) is 0 Å². The largest absolute Gasteiger partial charge is 0.539 e. The van der Waals surface area contributed by atoms with E-state index in [9.17, 15) is 9.59 Å². The summed E-state index contributed by atoms with van der Waals surface area (Å²) in [6, 6.07) is -0.712. The number of carbonyl (C=O) groups excluding carboxylic acids is 2. The van der Waals surface area contributed by atoms with Gasteiger partial charge in [0.25, 0.3) is 5.91 Å². The monoisotopic (exact) mass is 244 g/mol. The number of rotatable bonds is 2. The Hall–Kier alpha value is -1.05. The molecule has 0 radical (unpaired) electrons. The molecule has 16 heavy (non-hydrogen) atoms. The van der Waals surface area contributed by atoms with Crippen LogP contribution in [0.25, 0.3) is 0 Å². The lowest BCUT2D eigenvalue weighted by Gasteiger charge is -2.48. The van der Waals surface area contributed by atoms with Crippen molar-refractivity contribution in [3.8, 4) is 0 Å². The molecule has 2 rings (SSSR count). The van der Waals surface area contributed by atoms with Crippen LogP contribution in [0.2, 0.25) is 0 Å². The van der Waals surface area contributed by atoms with E-state index in [-0.39, 0.29) is 24.1 Å². The maximum absolute atomic E-state index is 11.5. The lowest BCUT2D eigenvalue weighted by Crippen LogP contribution is -2.71. The second kappa shape index (κ2) is 4.08. The van der Waals surface area contributed by atoms with Gasteiger partial charge in [0.2, 0.25) is 0 Å². The van der Waals surface area contributed by atoms with Gasteiger partial charge < -0.3 is 15.1 Å². The smallest absolute Gasteiger partial charge is 0.337 e. The molecule has 0 bridgehead atoms. The van der Waals surface area contributed by atoms with Crippen molar-refractivity contribution in [3.05, 3.63) is 11.3 Å². The summed E-state index contributed by atoms with van der Waals surface area (Å²) < 4.78 is 9.93. The molecule has 8 heteroatoms. The van der Waals surface area contributed by atoms with Crippen molar-refractivity contribution in [2.75, 3.05) is 12.5 Å². The van der Waals surface area contributed by atoms with Crippen LogP contribution >= 0.6 is 11.6 Å². The van der Waals surface area contributed by atoms with Crippen LogP contribution in [0.3, 0.4) is 0 Å². The summed E-state index contributed by atoms with van der Waals surface area (Å²) in [5, 5.41) is 0. The van der Waals surface area contributed by atoms with E-state index in [0.29, 0.717) is 5.57 Å². The minimum atomic E-state index is -0.712. The zero-order chi connectivity index (χ0) is 11.9.